The number of ether oxygens (including phenoxy) is 1. The van der Waals surface area contributed by atoms with Gasteiger partial charge in [-0.25, -0.2) is 19.9 Å². The highest BCUT2D eigenvalue weighted by Crippen LogP contribution is 2.39. The summed E-state index contributed by atoms with van der Waals surface area (Å²) in [6.07, 6.45) is 5.77. The lowest BCUT2D eigenvalue weighted by Crippen LogP contribution is -2.38. The van der Waals surface area contributed by atoms with E-state index in [-0.39, 0.29) is 6.04 Å². The van der Waals surface area contributed by atoms with Crippen LogP contribution < -0.4 is 20.7 Å². The second-order valence-electron chi connectivity index (χ2n) is 9.80. The normalized spacial score (nSPS) is 16.1. The van der Waals surface area contributed by atoms with Gasteiger partial charge in [-0.3, -0.25) is 0 Å². The number of aromatic nitrogens is 4. The molecule has 0 spiro atoms. The van der Waals surface area contributed by atoms with Crippen LogP contribution in [0.15, 0.2) is 71.8 Å². The summed E-state index contributed by atoms with van der Waals surface area (Å²) in [4.78, 5) is 18.3. The Morgan fingerprint density at radius 2 is 1.97 bits per heavy atom. The topological polar surface area (TPSA) is 96.9 Å². The van der Waals surface area contributed by atoms with Gasteiger partial charge in [0.05, 0.1) is 28.5 Å². The fraction of sp³-hybridized carbons (Fsp3) is 0.267. The molecule has 3 aromatic heterocycles. The highest BCUT2D eigenvalue weighted by molar-refractivity contribution is 7.07. The Morgan fingerprint density at radius 3 is 2.82 bits per heavy atom. The van der Waals surface area contributed by atoms with E-state index in [0.29, 0.717) is 17.9 Å². The number of nitrogens with one attached hydrogen (secondary N) is 3. The van der Waals surface area contributed by atoms with Gasteiger partial charge in [0.15, 0.2) is 0 Å². The number of benzene rings is 2. The Hall–Kier alpha value is -4.08. The van der Waals surface area contributed by atoms with Crippen molar-refractivity contribution in [3.8, 4) is 22.9 Å². The van der Waals surface area contributed by atoms with Gasteiger partial charge < -0.3 is 20.7 Å². The average molecular weight is 538 g/mol. The van der Waals surface area contributed by atoms with Gasteiger partial charge in [-0.1, -0.05) is 24.3 Å². The molecule has 1 fully saturated rings. The number of hydrogen-bond acceptors (Lipinski definition) is 9. The number of fused-ring (bicyclic) bond motifs is 1. The molecule has 0 radical (unpaired) electrons. The van der Waals surface area contributed by atoms with Gasteiger partial charge in [0, 0.05) is 46.8 Å². The lowest BCUT2D eigenvalue weighted by atomic mass is 10.0. The third-order valence-corrected chi connectivity index (χ3v) is 7.61. The van der Waals surface area contributed by atoms with E-state index < -0.39 is 0 Å². The molecule has 1 aliphatic rings. The predicted octanol–water partition coefficient (Wildman–Crippen LogP) is 6.59. The molecule has 0 aliphatic carbocycles. The first-order valence-electron chi connectivity index (χ1n) is 13.3. The third kappa shape index (κ3) is 5.55. The zero-order chi connectivity index (χ0) is 26.6. The van der Waals surface area contributed by atoms with Crippen molar-refractivity contribution in [2.24, 2.45) is 0 Å². The van der Waals surface area contributed by atoms with Crippen molar-refractivity contribution in [3.63, 3.8) is 0 Å². The fourth-order valence-corrected chi connectivity index (χ4v) is 5.59. The summed E-state index contributed by atoms with van der Waals surface area (Å²) in [5.74, 6) is 1.90. The molecule has 5 aromatic rings. The Balaban J connectivity index is 1.32. The SMILES string of the molecule is Cc1ccc2c(N[C@H](C)c3cscn3)cccc2c1Oc1ncccc1-c1ccnc(N[C@H]2CCCNC2)n1. The van der Waals surface area contributed by atoms with Crippen LogP contribution in [-0.2, 0) is 0 Å². The predicted molar refractivity (Wildman–Crippen MR) is 158 cm³/mol. The highest BCUT2D eigenvalue weighted by atomic mass is 32.1. The van der Waals surface area contributed by atoms with Gasteiger partial charge in [0.1, 0.15) is 5.75 Å². The molecule has 2 aromatic carbocycles. The molecule has 0 amide bonds. The molecular formula is C30H31N7OS. The van der Waals surface area contributed by atoms with Crippen LogP contribution in [0.3, 0.4) is 0 Å². The van der Waals surface area contributed by atoms with Crippen molar-refractivity contribution in [3.05, 3.63) is 83.1 Å². The zero-order valence-electron chi connectivity index (χ0n) is 22.0. The minimum absolute atomic E-state index is 0.0832. The first-order chi connectivity index (χ1) is 19.2. The summed E-state index contributed by atoms with van der Waals surface area (Å²) in [5.41, 5.74) is 6.52. The molecule has 0 unspecified atom stereocenters. The summed E-state index contributed by atoms with van der Waals surface area (Å²) >= 11 is 1.60. The van der Waals surface area contributed by atoms with E-state index in [0.717, 1.165) is 70.7 Å². The van der Waals surface area contributed by atoms with Gasteiger partial charge in [-0.2, -0.15) is 0 Å². The van der Waals surface area contributed by atoms with Gasteiger partial charge in [-0.15, -0.1) is 11.3 Å². The molecular weight excluding hydrogens is 506 g/mol. The average Bonchev–Trinajstić information content (AvgIpc) is 3.51. The Morgan fingerprint density at radius 1 is 1.03 bits per heavy atom. The second-order valence-corrected chi connectivity index (χ2v) is 10.5. The maximum atomic E-state index is 6.59. The molecule has 39 heavy (non-hydrogen) atoms. The number of hydrogen-bond donors (Lipinski definition) is 3. The lowest BCUT2D eigenvalue weighted by molar-refractivity contribution is 0.466. The molecule has 6 rings (SSSR count). The van der Waals surface area contributed by atoms with Gasteiger partial charge >= 0.3 is 0 Å². The molecule has 8 nitrogen and oxygen atoms in total. The molecule has 1 aliphatic heterocycles. The van der Waals surface area contributed by atoms with Crippen LogP contribution in [0.25, 0.3) is 22.0 Å². The van der Waals surface area contributed by atoms with Gasteiger partial charge in [0.2, 0.25) is 11.8 Å². The number of nitrogens with zero attached hydrogens (tertiary/aromatic N) is 4. The van der Waals surface area contributed by atoms with E-state index in [4.69, 9.17) is 9.72 Å². The van der Waals surface area contributed by atoms with Crippen LogP contribution in [0.4, 0.5) is 11.6 Å². The Labute approximate surface area is 231 Å². The van der Waals surface area contributed by atoms with Crippen LogP contribution in [0.2, 0.25) is 0 Å². The molecule has 3 N–H and O–H groups in total. The van der Waals surface area contributed by atoms with Crippen LogP contribution in [-0.4, -0.2) is 39.1 Å². The number of anilines is 2. The number of aryl methyl sites for hydroxylation is 1. The van der Waals surface area contributed by atoms with Crippen molar-refractivity contribution >= 4 is 33.7 Å². The van der Waals surface area contributed by atoms with E-state index in [1.165, 1.54) is 0 Å². The maximum Gasteiger partial charge on any atom is 0.228 e. The smallest absolute Gasteiger partial charge is 0.228 e. The fourth-order valence-electron chi connectivity index (χ4n) is 4.94. The standard InChI is InChI=1S/C30H31N7OS/c1-19-10-11-22-23(7-3-9-25(22)35-20(2)27-17-39-18-34-27)28(19)38-29-24(8-5-14-32-29)26-12-15-33-30(37-26)36-21-6-4-13-31-16-21/h3,5,7-12,14-15,17-18,20-21,31,35H,4,6,13,16H2,1-2H3,(H,33,36,37)/t20-,21+/m1/s1. The highest BCUT2D eigenvalue weighted by Gasteiger charge is 2.18. The maximum absolute atomic E-state index is 6.59. The van der Waals surface area contributed by atoms with Gasteiger partial charge in [0.25, 0.3) is 0 Å². The van der Waals surface area contributed by atoms with E-state index in [1.807, 2.05) is 29.8 Å². The van der Waals surface area contributed by atoms with Crippen molar-refractivity contribution < 1.29 is 4.74 Å². The molecule has 0 bridgehead atoms. The molecule has 198 valence electrons. The van der Waals surface area contributed by atoms with E-state index in [1.54, 1.807) is 23.7 Å². The first-order valence-corrected chi connectivity index (χ1v) is 14.2. The minimum Gasteiger partial charge on any atom is -0.437 e. The summed E-state index contributed by atoms with van der Waals surface area (Å²) in [7, 11) is 0. The quantitative estimate of drug-likeness (QED) is 0.204. The van der Waals surface area contributed by atoms with Crippen molar-refractivity contribution in [1.29, 1.82) is 0 Å². The van der Waals surface area contributed by atoms with Crippen LogP contribution in [0.5, 0.6) is 11.6 Å². The summed E-state index contributed by atoms with van der Waals surface area (Å²) in [6, 6.07) is 16.6. The summed E-state index contributed by atoms with van der Waals surface area (Å²) < 4.78 is 6.59. The molecule has 1 saturated heterocycles. The van der Waals surface area contributed by atoms with Crippen molar-refractivity contribution in [1.82, 2.24) is 25.3 Å². The summed E-state index contributed by atoms with van der Waals surface area (Å²) in [5, 5.41) is 14.7. The first kappa shape index (κ1) is 25.2. The lowest BCUT2D eigenvalue weighted by Gasteiger charge is -2.23. The van der Waals surface area contributed by atoms with Crippen LogP contribution in [0.1, 0.15) is 37.1 Å². The third-order valence-electron chi connectivity index (χ3n) is 7.01. The van der Waals surface area contributed by atoms with Crippen LogP contribution >= 0.6 is 11.3 Å². The molecule has 0 saturated carbocycles. The van der Waals surface area contributed by atoms with E-state index in [2.05, 4.69) is 74.4 Å². The van der Waals surface area contributed by atoms with Crippen molar-refractivity contribution in [2.45, 2.75) is 38.8 Å². The summed E-state index contributed by atoms with van der Waals surface area (Å²) in [6.45, 7) is 6.15. The largest absolute Gasteiger partial charge is 0.437 e. The molecule has 4 heterocycles. The molecule has 9 heteroatoms. The van der Waals surface area contributed by atoms with Crippen molar-refractivity contribution in [2.75, 3.05) is 23.7 Å². The number of pyridine rings is 1. The monoisotopic (exact) mass is 537 g/mol. The second kappa shape index (κ2) is 11.3. The van der Waals surface area contributed by atoms with E-state index in [9.17, 15) is 0 Å². The Kier molecular flexibility index (Phi) is 7.33. The van der Waals surface area contributed by atoms with Crippen LogP contribution in [0, 0.1) is 6.92 Å². The Bertz CT molecular complexity index is 1570. The van der Waals surface area contributed by atoms with E-state index >= 15 is 0 Å². The number of piperidine rings is 1. The number of rotatable bonds is 8. The molecule has 2 atom stereocenters. The van der Waals surface area contributed by atoms with Gasteiger partial charge in [-0.05, 0) is 63.1 Å². The zero-order valence-corrected chi connectivity index (χ0v) is 22.8. The number of thiazole rings is 1. The minimum atomic E-state index is 0.0832.